The number of nitrogens with zero attached hydrogens (tertiary/aromatic N) is 1. The van der Waals surface area contributed by atoms with Gasteiger partial charge in [-0.05, 0) is 95.2 Å². The standard InChI is InChI=1S/C26H20ClIN2O4/c1-2-33-26(32)19-6-10-22(11-7-19)30-25(31)20(15-29)13-18-5-12-24(23(28)14-18)34-16-17-3-8-21(27)9-4-17/h3-14H,2,16H2,1H3,(H,30,31)/b20-13+. The summed E-state index contributed by atoms with van der Waals surface area (Å²) < 4.78 is 11.6. The first-order valence-corrected chi connectivity index (χ1v) is 11.7. The van der Waals surface area contributed by atoms with Crippen molar-refractivity contribution in [2.75, 3.05) is 11.9 Å². The summed E-state index contributed by atoms with van der Waals surface area (Å²) in [5.74, 6) is -0.296. The van der Waals surface area contributed by atoms with Crippen LogP contribution in [0.1, 0.15) is 28.4 Å². The molecule has 3 aromatic rings. The molecule has 6 nitrogen and oxygen atoms in total. The van der Waals surface area contributed by atoms with Gasteiger partial charge in [0, 0.05) is 10.7 Å². The monoisotopic (exact) mass is 586 g/mol. The Hall–Kier alpha value is -3.35. The molecule has 8 heteroatoms. The Labute approximate surface area is 216 Å². The second-order valence-electron chi connectivity index (χ2n) is 7.03. The van der Waals surface area contributed by atoms with Gasteiger partial charge >= 0.3 is 5.97 Å². The Morgan fingerprint density at radius 1 is 1.09 bits per heavy atom. The number of rotatable bonds is 8. The predicted octanol–water partition coefficient (Wildman–Crippen LogP) is 6.25. The minimum absolute atomic E-state index is 0.0555. The average Bonchev–Trinajstić information content (AvgIpc) is 2.83. The number of ether oxygens (including phenoxy) is 2. The number of nitriles is 1. The maximum absolute atomic E-state index is 12.6. The molecule has 0 radical (unpaired) electrons. The molecule has 3 rings (SSSR count). The highest BCUT2D eigenvalue weighted by molar-refractivity contribution is 14.1. The molecule has 0 spiro atoms. The highest BCUT2D eigenvalue weighted by Gasteiger charge is 2.12. The molecule has 34 heavy (non-hydrogen) atoms. The summed E-state index contributed by atoms with van der Waals surface area (Å²) >= 11 is 8.05. The van der Waals surface area contributed by atoms with Gasteiger partial charge in [0.05, 0.1) is 15.7 Å². The van der Waals surface area contributed by atoms with Gasteiger partial charge in [0.2, 0.25) is 0 Å². The summed E-state index contributed by atoms with van der Waals surface area (Å²) in [6.07, 6.45) is 1.51. The molecule has 1 amide bonds. The van der Waals surface area contributed by atoms with Gasteiger partial charge in [0.25, 0.3) is 5.91 Å². The first-order valence-electron chi connectivity index (χ1n) is 10.3. The Kier molecular flexibility index (Phi) is 9.08. The predicted molar refractivity (Wildman–Crippen MR) is 140 cm³/mol. The lowest BCUT2D eigenvalue weighted by Crippen LogP contribution is -2.13. The van der Waals surface area contributed by atoms with Crippen LogP contribution >= 0.6 is 34.2 Å². The van der Waals surface area contributed by atoms with Crippen molar-refractivity contribution in [1.82, 2.24) is 0 Å². The lowest BCUT2D eigenvalue weighted by atomic mass is 10.1. The zero-order chi connectivity index (χ0) is 24.5. The average molecular weight is 587 g/mol. The number of carbonyl (C=O) groups is 2. The van der Waals surface area contributed by atoms with Crippen molar-refractivity contribution in [3.63, 3.8) is 0 Å². The fraction of sp³-hybridized carbons (Fsp3) is 0.115. The number of carbonyl (C=O) groups excluding carboxylic acids is 2. The summed E-state index contributed by atoms with van der Waals surface area (Å²) in [4.78, 5) is 24.3. The minimum atomic E-state index is -0.551. The zero-order valence-corrected chi connectivity index (χ0v) is 21.1. The molecule has 0 atom stereocenters. The summed E-state index contributed by atoms with van der Waals surface area (Å²) in [5.41, 5.74) is 2.46. The molecule has 0 aliphatic rings. The Morgan fingerprint density at radius 3 is 2.41 bits per heavy atom. The van der Waals surface area contributed by atoms with E-state index in [1.54, 1.807) is 43.3 Å². The highest BCUT2D eigenvalue weighted by Crippen LogP contribution is 2.25. The van der Waals surface area contributed by atoms with Gasteiger partial charge in [-0.1, -0.05) is 29.8 Å². The van der Waals surface area contributed by atoms with Crippen LogP contribution in [0, 0.1) is 14.9 Å². The Balaban J connectivity index is 1.66. The normalized spacial score (nSPS) is 10.8. The molecular formula is C26H20ClIN2O4. The molecule has 172 valence electrons. The minimum Gasteiger partial charge on any atom is -0.488 e. The summed E-state index contributed by atoms with van der Waals surface area (Å²) in [7, 11) is 0. The first kappa shape index (κ1) is 25.3. The van der Waals surface area contributed by atoms with E-state index in [2.05, 4.69) is 27.9 Å². The van der Waals surface area contributed by atoms with Gasteiger partial charge in [-0.3, -0.25) is 4.79 Å². The molecule has 0 unspecified atom stereocenters. The van der Waals surface area contributed by atoms with Crippen molar-refractivity contribution >= 4 is 57.8 Å². The fourth-order valence-corrected chi connectivity index (χ4v) is 3.70. The van der Waals surface area contributed by atoms with E-state index in [-0.39, 0.29) is 12.2 Å². The van der Waals surface area contributed by atoms with Crippen LogP contribution in [-0.4, -0.2) is 18.5 Å². The van der Waals surface area contributed by atoms with Crippen molar-refractivity contribution in [1.29, 1.82) is 5.26 Å². The zero-order valence-electron chi connectivity index (χ0n) is 18.2. The lowest BCUT2D eigenvalue weighted by Gasteiger charge is -2.09. The Morgan fingerprint density at radius 2 is 1.79 bits per heavy atom. The van der Waals surface area contributed by atoms with E-state index in [9.17, 15) is 14.9 Å². The quantitative estimate of drug-likeness (QED) is 0.146. The van der Waals surface area contributed by atoms with Crippen LogP contribution in [0.2, 0.25) is 5.02 Å². The van der Waals surface area contributed by atoms with Gasteiger partial charge in [-0.15, -0.1) is 0 Å². The molecule has 0 aliphatic heterocycles. The number of esters is 1. The molecule has 0 saturated carbocycles. The van der Waals surface area contributed by atoms with E-state index in [0.29, 0.717) is 34.2 Å². The van der Waals surface area contributed by atoms with Gasteiger partial charge in [-0.2, -0.15) is 5.26 Å². The molecule has 1 N–H and O–H groups in total. The third kappa shape index (κ3) is 7.07. The van der Waals surface area contributed by atoms with Crippen molar-refractivity contribution in [3.05, 3.63) is 97.6 Å². The van der Waals surface area contributed by atoms with Gasteiger partial charge in [-0.25, -0.2) is 4.79 Å². The van der Waals surface area contributed by atoms with E-state index < -0.39 is 11.9 Å². The molecule has 0 heterocycles. The molecule has 0 aromatic heterocycles. The van der Waals surface area contributed by atoms with Crippen molar-refractivity contribution in [2.45, 2.75) is 13.5 Å². The number of hydrogen-bond acceptors (Lipinski definition) is 5. The van der Waals surface area contributed by atoms with Crippen LogP contribution in [0.25, 0.3) is 6.08 Å². The number of benzene rings is 3. The number of anilines is 1. The smallest absolute Gasteiger partial charge is 0.338 e. The van der Waals surface area contributed by atoms with E-state index in [1.165, 1.54) is 6.08 Å². The number of amides is 1. The molecule has 3 aromatic carbocycles. The molecule has 0 aliphatic carbocycles. The van der Waals surface area contributed by atoms with Crippen molar-refractivity contribution < 1.29 is 19.1 Å². The van der Waals surface area contributed by atoms with Crippen LogP contribution in [0.15, 0.2) is 72.3 Å². The summed E-state index contributed by atoms with van der Waals surface area (Å²) in [6.45, 7) is 2.40. The highest BCUT2D eigenvalue weighted by atomic mass is 127. The molecule has 0 saturated heterocycles. The maximum Gasteiger partial charge on any atom is 0.338 e. The van der Waals surface area contributed by atoms with E-state index in [4.69, 9.17) is 21.1 Å². The van der Waals surface area contributed by atoms with E-state index in [1.807, 2.05) is 36.4 Å². The molecule has 0 bridgehead atoms. The fourth-order valence-electron chi connectivity index (χ4n) is 2.88. The van der Waals surface area contributed by atoms with Gasteiger partial charge in [0.1, 0.15) is 24.0 Å². The van der Waals surface area contributed by atoms with Crippen LogP contribution in [0.5, 0.6) is 5.75 Å². The molecular weight excluding hydrogens is 567 g/mol. The van der Waals surface area contributed by atoms with Gasteiger partial charge in [0.15, 0.2) is 0 Å². The van der Waals surface area contributed by atoms with E-state index >= 15 is 0 Å². The van der Waals surface area contributed by atoms with Crippen LogP contribution in [-0.2, 0) is 16.1 Å². The summed E-state index contributed by atoms with van der Waals surface area (Å²) in [5, 5.41) is 12.8. The number of nitrogens with one attached hydrogen (secondary N) is 1. The Bertz CT molecular complexity index is 1250. The largest absolute Gasteiger partial charge is 0.488 e. The van der Waals surface area contributed by atoms with Gasteiger partial charge < -0.3 is 14.8 Å². The second-order valence-corrected chi connectivity index (χ2v) is 8.63. The van der Waals surface area contributed by atoms with Crippen LogP contribution in [0.4, 0.5) is 5.69 Å². The van der Waals surface area contributed by atoms with Crippen molar-refractivity contribution in [2.24, 2.45) is 0 Å². The number of hydrogen-bond donors (Lipinski definition) is 1. The van der Waals surface area contributed by atoms with Crippen molar-refractivity contribution in [3.8, 4) is 11.8 Å². The lowest BCUT2D eigenvalue weighted by molar-refractivity contribution is -0.112. The summed E-state index contributed by atoms with van der Waals surface area (Å²) in [6, 6.07) is 21.0. The number of halogens is 2. The van der Waals surface area contributed by atoms with E-state index in [0.717, 1.165) is 9.13 Å². The first-order chi connectivity index (χ1) is 16.4. The van der Waals surface area contributed by atoms with Crippen LogP contribution < -0.4 is 10.1 Å². The molecule has 0 fully saturated rings. The van der Waals surface area contributed by atoms with Crippen LogP contribution in [0.3, 0.4) is 0 Å². The topological polar surface area (TPSA) is 88.4 Å². The third-order valence-electron chi connectivity index (χ3n) is 4.59. The SMILES string of the molecule is CCOC(=O)c1ccc(NC(=O)/C(C#N)=C/c2ccc(OCc3ccc(Cl)cc3)c(I)c2)cc1. The maximum atomic E-state index is 12.6. The third-order valence-corrected chi connectivity index (χ3v) is 5.69. The second kappa shape index (κ2) is 12.2.